The lowest BCUT2D eigenvalue weighted by molar-refractivity contribution is 0.762. The predicted octanol–water partition coefficient (Wildman–Crippen LogP) is 2.48. The number of halogens is 1. The second-order valence-corrected chi connectivity index (χ2v) is 3.29. The van der Waals surface area contributed by atoms with Crippen LogP contribution in [0.1, 0.15) is 0 Å². The van der Waals surface area contributed by atoms with Crippen LogP contribution >= 0.6 is 15.9 Å². The molecule has 0 aliphatic carbocycles. The van der Waals surface area contributed by atoms with Crippen LogP contribution in [0.25, 0.3) is 0 Å². The maximum atomic E-state index is 3.38. The molecule has 0 bridgehead atoms. The van der Waals surface area contributed by atoms with Crippen molar-refractivity contribution in [3.63, 3.8) is 0 Å². The van der Waals surface area contributed by atoms with Crippen LogP contribution in [0.5, 0.6) is 0 Å². The van der Waals surface area contributed by atoms with E-state index in [2.05, 4.69) is 33.0 Å². The molecule has 1 aromatic rings. The normalized spacial score (nSPS) is 10.4. The number of hydrogen-bond acceptors (Lipinski definition) is 1. The van der Waals surface area contributed by atoms with Gasteiger partial charge in [0.15, 0.2) is 5.69 Å². The van der Waals surface area contributed by atoms with Crippen LogP contribution < -0.4 is 4.90 Å². The van der Waals surface area contributed by atoms with E-state index in [0.29, 0.717) is 0 Å². The molecule has 0 unspecified atom stereocenters. The van der Waals surface area contributed by atoms with Gasteiger partial charge in [0.2, 0.25) is 0 Å². The lowest BCUT2D eigenvalue weighted by atomic mass is 10.3. The van der Waals surface area contributed by atoms with E-state index in [9.17, 15) is 0 Å². The summed E-state index contributed by atoms with van der Waals surface area (Å²) in [7, 11) is 4.06. The summed E-state index contributed by atoms with van der Waals surface area (Å²) in [5.74, 6) is 0. The van der Waals surface area contributed by atoms with Gasteiger partial charge in [-0.25, -0.2) is 0 Å². The lowest BCUT2D eigenvalue weighted by Crippen LogP contribution is -2.09. The van der Waals surface area contributed by atoms with E-state index < -0.39 is 0 Å². The van der Waals surface area contributed by atoms with Gasteiger partial charge in [-0.3, -0.25) is 0 Å². The van der Waals surface area contributed by atoms with Gasteiger partial charge >= 0.3 is 0 Å². The van der Waals surface area contributed by atoms with E-state index in [1.807, 2.05) is 26.2 Å². The second kappa shape index (κ2) is 3.17. The van der Waals surface area contributed by atoms with Crippen molar-refractivity contribution in [1.82, 2.24) is 4.90 Å². The van der Waals surface area contributed by atoms with E-state index in [0.717, 1.165) is 4.47 Å². The summed E-state index contributed by atoms with van der Waals surface area (Å²) in [4.78, 5) is 2.08. The molecular formula is C8H10BrN+. The summed E-state index contributed by atoms with van der Waals surface area (Å²) in [5.41, 5.74) is 1.23. The Kier molecular flexibility index (Phi) is 2.46. The smallest absolute Gasteiger partial charge is 0.140 e. The first-order valence-corrected chi connectivity index (χ1v) is 3.92. The van der Waals surface area contributed by atoms with Crippen molar-refractivity contribution < 1.29 is 0 Å². The first-order chi connectivity index (χ1) is 4.70. The Morgan fingerprint density at radius 1 is 1.10 bits per heavy atom. The number of benzene rings is 1. The van der Waals surface area contributed by atoms with Gasteiger partial charge in [-0.2, -0.15) is 0 Å². The van der Waals surface area contributed by atoms with Gasteiger partial charge in [0, 0.05) is 16.6 Å². The Balaban J connectivity index is 2.89. The van der Waals surface area contributed by atoms with Crippen LogP contribution in [0.15, 0.2) is 28.7 Å². The highest BCUT2D eigenvalue weighted by Crippen LogP contribution is 2.15. The van der Waals surface area contributed by atoms with Crippen LogP contribution in [0, 0.1) is 0 Å². The van der Waals surface area contributed by atoms with E-state index in [-0.39, 0.29) is 0 Å². The standard InChI is InChI=1S/C8H10BrN/c1-10(2)8-5-3-7(9)4-6-8/h3-6H,1-2H3/q+1. The molecule has 10 heavy (non-hydrogen) atoms. The summed E-state index contributed by atoms with van der Waals surface area (Å²) in [5, 5.41) is 0. The zero-order valence-corrected chi connectivity index (χ0v) is 7.72. The number of rotatable bonds is 1. The molecule has 0 aromatic heterocycles. The molecule has 0 amide bonds. The fraction of sp³-hybridized carbons (Fsp3) is 0.250. The molecule has 0 heterocycles. The topological polar surface area (TPSA) is 5.90 Å². The molecular weight excluding hydrogens is 190 g/mol. The maximum absolute atomic E-state index is 3.38. The molecule has 2 heteroatoms. The van der Waals surface area contributed by atoms with Crippen molar-refractivity contribution >= 4 is 21.6 Å². The van der Waals surface area contributed by atoms with Crippen molar-refractivity contribution in [2.75, 3.05) is 14.1 Å². The average molecular weight is 200 g/mol. The minimum absolute atomic E-state index is 1.12. The van der Waals surface area contributed by atoms with Gasteiger partial charge < -0.3 is 0 Å². The van der Waals surface area contributed by atoms with Crippen LogP contribution in [-0.4, -0.2) is 14.1 Å². The Bertz CT molecular complexity index is 203. The minimum atomic E-state index is 1.12. The zero-order chi connectivity index (χ0) is 7.56. The Morgan fingerprint density at radius 2 is 1.60 bits per heavy atom. The molecule has 0 aliphatic rings. The van der Waals surface area contributed by atoms with Crippen LogP contribution in [0.3, 0.4) is 0 Å². The third kappa shape index (κ3) is 1.82. The van der Waals surface area contributed by atoms with Gasteiger partial charge in [0.1, 0.15) is 14.1 Å². The van der Waals surface area contributed by atoms with E-state index in [1.54, 1.807) is 0 Å². The molecule has 0 spiro atoms. The minimum Gasteiger partial charge on any atom is -0.140 e. The van der Waals surface area contributed by atoms with Gasteiger partial charge in [-0.15, -0.1) is 4.90 Å². The Morgan fingerprint density at radius 3 is 2.00 bits per heavy atom. The molecule has 0 atom stereocenters. The van der Waals surface area contributed by atoms with E-state index in [4.69, 9.17) is 0 Å². The molecule has 0 saturated heterocycles. The molecule has 0 aliphatic heterocycles. The monoisotopic (exact) mass is 199 g/mol. The fourth-order valence-corrected chi connectivity index (χ4v) is 1.00. The van der Waals surface area contributed by atoms with Crippen molar-refractivity contribution in [3.05, 3.63) is 28.7 Å². The molecule has 1 aromatic carbocycles. The predicted molar refractivity (Wildman–Crippen MR) is 47.8 cm³/mol. The third-order valence-electron chi connectivity index (χ3n) is 1.34. The quantitative estimate of drug-likeness (QED) is 0.614. The van der Waals surface area contributed by atoms with Gasteiger partial charge in [0.25, 0.3) is 0 Å². The molecule has 0 fully saturated rings. The number of nitrogens with zero attached hydrogens (tertiary/aromatic N) is 1. The van der Waals surface area contributed by atoms with Crippen molar-refractivity contribution in [2.24, 2.45) is 0 Å². The summed E-state index contributed by atoms with van der Waals surface area (Å²) < 4.78 is 1.12. The SMILES string of the molecule is C[N+](C)c1ccc(Br)cc1. The van der Waals surface area contributed by atoms with E-state index in [1.165, 1.54) is 5.69 Å². The molecule has 1 nitrogen and oxygen atoms in total. The molecule has 53 valence electrons. The summed E-state index contributed by atoms with van der Waals surface area (Å²) in [6.07, 6.45) is 0. The van der Waals surface area contributed by atoms with Crippen LogP contribution in [-0.2, 0) is 0 Å². The summed E-state index contributed by atoms with van der Waals surface area (Å²) in [6.45, 7) is 0. The van der Waals surface area contributed by atoms with Crippen molar-refractivity contribution in [3.8, 4) is 0 Å². The molecule has 0 N–H and O–H groups in total. The summed E-state index contributed by atoms with van der Waals surface area (Å²) >= 11 is 3.38. The largest absolute Gasteiger partial charge is 0.180 e. The average Bonchev–Trinajstić information content (AvgIpc) is 1.88. The van der Waals surface area contributed by atoms with Gasteiger partial charge in [-0.05, 0) is 12.1 Å². The Labute approximate surface area is 69.8 Å². The highest BCUT2D eigenvalue weighted by atomic mass is 79.9. The molecule has 0 saturated carbocycles. The first kappa shape index (κ1) is 7.76. The highest BCUT2D eigenvalue weighted by molar-refractivity contribution is 9.10. The van der Waals surface area contributed by atoms with Crippen molar-refractivity contribution in [2.45, 2.75) is 0 Å². The molecule has 1 radical (unpaired) electrons. The van der Waals surface area contributed by atoms with Gasteiger partial charge in [-0.1, -0.05) is 15.9 Å². The Hall–Kier alpha value is -0.340. The first-order valence-electron chi connectivity index (χ1n) is 3.13. The van der Waals surface area contributed by atoms with Crippen molar-refractivity contribution in [1.29, 1.82) is 0 Å². The van der Waals surface area contributed by atoms with Gasteiger partial charge in [0.05, 0.1) is 0 Å². The summed E-state index contributed by atoms with van der Waals surface area (Å²) in [6, 6.07) is 8.22. The fourth-order valence-electron chi connectivity index (χ4n) is 0.739. The highest BCUT2D eigenvalue weighted by Gasteiger charge is 2.02. The van der Waals surface area contributed by atoms with E-state index >= 15 is 0 Å². The maximum Gasteiger partial charge on any atom is 0.180 e. The molecule has 1 rings (SSSR count). The zero-order valence-electron chi connectivity index (χ0n) is 6.13. The third-order valence-corrected chi connectivity index (χ3v) is 1.87. The second-order valence-electron chi connectivity index (χ2n) is 2.37. The van der Waals surface area contributed by atoms with Crippen LogP contribution in [0.4, 0.5) is 5.69 Å². The van der Waals surface area contributed by atoms with Crippen LogP contribution in [0.2, 0.25) is 0 Å². The number of hydrogen-bond donors (Lipinski definition) is 0. The lowest BCUT2D eigenvalue weighted by Gasteiger charge is -1.97. The number of anilines is 1.